The molecule has 0 spiro atoms. The van der Waals surface area contributed by atoms with Crippen LogP contribution in [0.15, 0.2) is 30.7 Å². The first-order chi connectivity index (χ1) is 18.4. The average molecular weight is 524 g/mol. The minimum atomic E-state index is -0.441. The highest BCUT2D eigenvalue weighted by Gasteiger charge is 2.38. The molecule has 5 rings (SSSR count). The van der Waals surface area contributed by atoms with Gasteiger partial charge in [0, 0.05) is 44.8 Å². The van der Waals surface area contributed by atoms with Crippen LogP contribution < -0.4 is 15.1 Å². The second-order valence-corrected chi connectivity index (χ2v) is 10.7. The van der Waals surface area contributed by atoms with E-state index in [2.05, 4.69) is 20.2 Å². The van der Waals surface area contributed by atoms with E-state index in [0.29, 0.717) is 37.4 Å². The van der Waals surface area contributed by atoms with Gasteiger partial charge in [-0.2, -0.15) is 0 Å². The first-order valence-corrected chi connectivity index (χ1v) is 13.9. The molecule has 38 heavy (non-hydrogen) atoms. The fraction of sp³-hybridized carbons (Fsp3) is 0.571. The number of hydrogen-bond acceptors (Lipinski definition) is 7. The molecule has 3 aliphatic heterocycles. The highest BCUT2D eigenvalue weighted by atomic mass is 19.1. The van der Waals surface area contributed by atoms with Crippen molar-refractivity contribution in [1.82, 2.24) is 25.1 Å². The number of hydrogen-bond donors (Lipinski definition) is 1. The Labute approximate surface area is 224 Å². The molecule has 2 atom stereocenters. The normalized spacial score (nSPS) is 21.6. The van der Waals surface area contributed by atoms with Crippen molar-refractivity contribution in [2.75, 3.05) is 49.1 Å². The standard InChI is InChI=1S/C28H38FN7O2/c1-4-34(19(2)3)27(37)22-15-20(29)8-9-24(22)36-14-13-35(26-25(36)16-30-18-32-26)21-10-12-33(17-21)28(38)23-7-5-6-11-31-23/h8-9,15-16,18-19,21,23,31H,4-7,10-14,17H2,1-3H3/t21-,23+/m1/s1. The van der Waals surface area contributed by atoms with Gasteiger partial charge >= 0.3 is 0 Å². The van der Waals surface area contributed by atoms with E-state index in [1.54, 1.807) is 17.2 Å². The molecule has 0 radical (unpaired) electrons. The second-order valence-electron chi connectivity index (χ2n) is 10.7. The van der Waals surface area contributed by atoms with E-state index in [1.807, 2.05) is 30.6 Å². The van der Waals surface area contributed by atoms with Gasteiger partial charge in [-0.3, -0.25) is 9.59 Å². The lowest BCUT2D eigenvalue weighted by molar-refractivity contribution is -0.133. The smallest absolute Gasteiger partial charge is 0.256 e. The summed E-state index contributed by atoms with van der Waals surface area (Å²) in [6, 6.07) is 4.48. The van der Waals surface area contributed by atoms with E-state index < -0.39 is 5.82 Å². The minimum absolute atomic E-state index is 0.00656. The van der Waals surface area contributed by atoms with Gasteiger partial charge in [0.2, 0.25) is 5.91 Å². The first kappa shape index (κ1) is 26.3. The molecule has 2 amide bonds. The van der Waals surface area contributed by atoms with Crippen LogP contribution in [0.1, 0.15) is 56.8 Å². The first-order valence-electron chi connectivity index (χ1n) is 13.9. The third kappa shape index (κ3) is 5.06. The maximum Gasteiger partial charge on any atom is 0.256 e. The molecule has 204 valence electrons. The van der Waals surface area contributed by atoms with E-state index in [1.165, 1.54) is 18.5 Å². The Morgan fingerprint density at radius 2 is 2.00 bits per heavy atom. The number of benzene rings is 1. The largest absolute Gasteiger partial charge is 0.348 e. The van der Waals surface area contributed by atoms with Gasteiger partial charge in [-0.15, -0.1) is 0 Å². The Balaban J connectivity index is 1.40. The van der Waals surface area contributed by atoms with E-state index in [0.717, 1.165) is 50.3 Å². The van der Waals surface area contributed by atoms with Gasteiger partial charge in [0.1, 0.15) is 17.8 Å². The van der Waals surface area contributed by atoms with Crippen LogP contribution in [0.4, 0.5) is 21.6 Å². The van der Waals surface area contributed by atoms with Crippen LogP contribution in [0.2, 0.25) is 0 Å². The number of carbonyl (C=O) groups is 2. The summed E-state index contributed by atoms with van der Waals surface area (Å²) in [6.07, 6.45) is 7.29. The molecule has 0 bridgehead atoms. The lowest BCUT2D eigenvalue weighted by Crippen LogP contribution is -2.50. The van der Waals surface area contributed by atoms with Crippen molar-refractivity contribution in [2.24, 2.45) is 0 Å². The third-order valence-corrected chi connectivity index (χ3v) is 8.03. The topological polar surface area (TPSA) is 84.9 Å². The Kier molecular flexibility index (Phi) is 7.78. The SMILES string of the molecule is CCN(C(=O)c1cc(F)ccc1N1CCN([C@@H]2CCN(C(=O)[C@@H]3CCCCN3)C2)c2ncncc21)C(C)C. The van der Waals surface area contributed by atoms with Gasteiger partial charge in [-0.1, -0.05) is 6.42 Å². The number of piperidine rings is 1. The molecule has 4 heterocycles. The lowest BCUT2D eigenvalue weighted by atomic mass is 10.0. The summed E-state index contributed by atoms with van der Waals surface area (Å²) in [5.41, 5.74) is 1.77. The van der Waals surface area contributed by atoms with Crippen molar-refractivity contribution >= 4 is 29.0 Å². The predicted molar refractivity (Wildman–Crippen MR) is 145 cm³/mol. The summed E-state index contributed by atoms with van der Waals surface area (Å²) in [7, 11) is 0. The van der Waals surface area contributed by atoms with Crippen molar-refractivity contribution in [1.29, 1.82) is 0 Å². The molecule has 9 nitrogen and oxygen atoms in total. The number of nitrogens with zero attached hydrogens (tertiary/aromatic N) is 6. The molecule has 3 aliphatic rings. The van der Waals surface area contributed by atoms with Crippen molar-refractivity contribution in [2.45, 2.75) is 64.6 Å². The number of anilines is 3. The number of rotatable bonds is 6. The van der Waals surface area contributed by atoms with Crippen LogP contribution in [-0.2, 0) is 4.79 Å². The summed E-state index contributed by atoms with van der Waals surface area (Å²) < 4.78 is 14.4. The quantitative estimate of drug-likeness (QED) is 0.623. The zero-order chi connectivity index (χ0) is 26.8. The fourth-order valence-corrected chi connectivity index (χ4v) is 6.06. The van der Waals surface area contributed by atoms with E-state index in [-0.39, 0.29) is 29.9 Å². The molecule has 1 aromatic carbocycles. The monoisotopic (exact) mass is 523 g/mol. The van der Waals surface area contributed by atoms with Gasteiger partial charge in [-0.25, -0.2) is 14.4 Å². The fourth-order valence-electron chi connectivity index (χ4n) is 6.06. The average Bonchev–Trinajstić information content (AvgIpc) is 3.43. The Morgan fingerprint density at radius 1 is 1.16 bits per heavy atom. The van der Waals surface area contributed by atoms with Crippen LogP contribution in [0.5, 0.6) is 0 Å². The zero-order valence-electron chi connectivity index (χ0n) is 22.6. The molecule has 0 aliphatic carbocycles. The molecular formula is C28H38FN7O2. The van der Waals surface area contributed by atoms with E-state index in [9.17, 15) is 14.0 Å². The minimum Gasteiger partial charge on any atom is -0.348 e. The number of aromatic nitrogens is 2. The molecule has 1 aromatic heterocycles. The van der Waals surface area contributed by atoms with Gasteiger partial charge in [0.15, 0.2) is 5.82 Å². The number of likely N-dealkylation sites (tertiary alicyclic amines) is 1. The maximum absolute atomic E-state index is 14.4. The number of fused-ring (bicyclic) bond motifs is 1. The highest BCUT2D eigenvalue weighted by Crippen LogP contribution is 2.39. The van der Waals surface area contributed by atoms with Crippen LogP contribution in [0.25, 0.3) is 0 Å². The molecule has 0 unspecified atom stereocenters. The van der Waals surface area contributed by atoms with E-state index in [4.69, 9.17) is 0 Å². The Bertz CT molecular complexity index is 1170. The number of halogens is 1. The molecular weight excluding hydrogens is 485 g/mol. The van der Waals surface area contributed by atoms with Gasteiger partial charge in [-0.05, 0) is 64.8 Å². The van der Waals surface area contributed by atoms with Gasteiger partial charge in [0.05, 0.1) is 23.5 Å². The summed E-state index contributed by atoms with van der Waals surface area (Å²) in [6.45, 7) is 9.96. The number of nitrogens with one attached hydrogen (secondary N) is 1. The van der Waals surface area contributed by atoms with Crippen molar-refractivity contribution in [3.63, 3.8) is 0 Å². The number of amides is 2. The molecule has 2 aromatic rings. The Hall–Kier alpha value is -3.27. The van der Waals surface area contributed by atoms with Crippen molar-refractivity contribution in [3.05, 3.63) is 42.1 Å². The molecule has 2 saturated heterocycles. The van der Waals surface area contributed by atoms with Gasteiger partial charge in [0.25, 0.3) is 5.91 Å². The Morgan fingerprint density at radius 3 is 2.74 bits per heavy atom. The summed E-state index contributed by atoms with van der Waals surface area (Å²) in [5.74, 6) is 0.344. The van der Waals surface area contributed by atoms with Crippen LogP contribution >= 0.6 is 0 Å². The summed E-state index contributed by atoms with van der Waals surface area (Å²) in [5, 5.41) is 3.38. The maximum atomic E-state index is 14.4. The van der Waals surface area contributed by atoms with E-state index >= 15 is 0 Å². The van der Waals surface area contributed by atoms with Gasteiger partial charge < -0.3 is 24.9 Å². The third-order valence-electron chi connectivity index (χ3n) is 8.03. The molecule has 2 fully saturated rings. The molecule has 0 saturated carbocycles. The molecule has 10 heteroatoms. The van der Waals surface area contributed by atoms with Crippen LogP contribution in [0, 0.1) is 5.82 Å². The molecule has 1 N–H and O–H groups in total. The van der Waals surface area contributed by atoms with Crippen molar-refractivity contribution < 1.29 is 14.0 Å². The highest BCUT2D eigenvalue weighted by molar-refractivity contribution is 6.01. The predicted octanol–water partition coefficient (Wildman–Crippen LogP) is 3.19. The second kappa shape index (κ2) is 11.2. The van der Waals surface area contributed by atoms with Crippen LogP contribution in [-0.4, -0.2) is 89.0 Å². The zero-order valence-corrected chi connectivity index (χ0v) is 22.6. The lowest BCUT2D eigenvalue weighted by Gasteiger charge is -2.41. The summed E-state index contributed by atoms with van der Waals surface area (Å²) >= 11 is 0. The number of carbonyl (C=O) groups excluding carboxylic acids is 2. The van der Waals surface area contributed by atoms with Crippen LogP contribution in [0.3, 0.4) is 0 Å². The van der Waals surface area contributed by atoms with Crippen molar-refractivity contribution in [3.8, 4) is 0 Å². The summed E-state index contributed by atoms with van der Waals surface area (Å²) in [4.78, 5) is 43.6.